The monoisotopic (exact) mass is 530 g/mol. The molecule has 5 nitrogen and oxygen atoms in total. The molecule has 1 atom stereocenters. The molecule has 1 amide bonds. The molecule has 1 aliphatic rings. The summed E-state index contributed by atoms with van der Waals surface area (Å²) in [5.41, 5.74) is 7.19. The number of nitrogens with zero attached hydrogens (tertiary/aromatic N) is 1. The van der Waals surface area contributed by atoms with Crippen molar-refractivity contribution >= 4 is 41.2 Å². The highest BCUT2D eigenvalue weighted by molar-refractivity contribution is 7.10. The predicted molar refractivity (Wildman–Crippen MR) is 149 cm³/mol. The van der Waals surface area contributed by atoms with E-state index in [1.807, 2.05) is 25.1 Å². The largest absolute Gasteiger partial charge is 0.441 e. The lowest BCUT2D eigenvalue weighted by atomic mass is 9.94. The topological polar surface area (TPSA) is 68.3 Å². The number of carbonyl (C=O) groups is 2. The van der Waals surface area contributed by atoms with E-state index in [2.05, 4.69) is 59.1 Å². The molecule has 7 heteroatoms. The minimum absolute atomic E-state index is 0.266. The Balaban J connectivity index is 1.34. The molecule has 0 unspecified atom stereocenters. The van der Waals surface area contributed by atoms with E-state index >= 15 is 0 Å². The van der Waals surface area contributed by atoms with Gasteiger partial charge in [-0.05, 0) is 79.0 Å². The average molecular weight is 531 g/mol. The Hall–Kier alpha value is -3.48. The molecule has 1 N–H and O–H groups in total. The van der Waals surface area contributed by atoms with Crippen LogP contribution in [0.25, 0.3) is 21.6 Å². The first-order valence-electron chi connectivity index (χ1n) is 12.2. The van der Waals surface area contributed by atoms with Crippen molar-refractivity contribution in [3.05, 3.63) is 94.1 Å². The summed E-state index contributed by atoms with van der Waals surface area (Å²) in [6, 6.07) is 21.8. The van der Waals surface area contributed by atoms with Gasteiger partial charge >= 0.3 is 6.09 Å². The second-order valence-corrected chi connectivity index (χ2v) is 10.7. The van der Waals surface area contributed by atoms with Gasteiger partial charge in [-0.2, -0.15) is 4.37 Å². The van der Waals surface area contributed by atoms with Crippen LogP contribution < -0.4 is 5.32 Å². The van der Waals surface area contributed by atoms with Crippen molar-refractivity contribution in [2.75, 3.05) is 5.32 Å². The summed E-state index contributed by atoms with van der Waals surface area (Å²) in [5.74, 6) is 0. The lowest BCUT2D eigenvalue weighted by molar-refractivity contribution is -0.109. The molecule has 0 radical (unpaired) electrons. The minimum Gasteiger partial charge on any atom is -0.441 e. The highest BCUT2D eigenvalue weighted by Gasteiger charge is 2.44. The van der Waals surface area contributed by atoms with E-state index in [-0.39, 0.29) is 5.41 Å². The molecular formula is C30H27ClN2O3S. The Morgan fingerprint density at radius 3 is 2.43 bits per heavy atom. The highest BCUT2D eigenvalue weighted by Crippen LogP contribution is 2.46. The van der Waals surface area contributed by atoms with Crippen LogP contribution in [0.3, 0.4) is 0 Å². The van der Waals surface area contributed by atoms with E-state index in [1.165, 1.54) is 11.5 Å². The maximum Gasteiger partial charge on any atom is 0.412 e. The molecule has 0 aliphatic heterocycles. The fraction of sp³-hybridized carbons (Fsp3) is 0.233. The van der Waals surface area contributed by atoms with E-state index in [0.717, 1.165) is 63.1 Å². The number of amides is 1. The van der Waals surface area contributed by atoms with Gasteiger partial charge in [-0.3, -0.25) is 5.32 Å². The Bertz CT molecular complexity index is 1470. The number of hydrogen-bond donors (Lipinski definition) is 1. The van der Waals surface area contributed by atoms with Crippen molar-refractivity contribution < 1.29 is 14.3 Å². The Morgan fingerprint density at radius 1 is 1.08 bits per heavy atom. The third kappa shape index (κ3) is 5.04. The van der Waals surface area contributed by atoms with Crippen molar-refractivity contribution in [3.63, 3.8) is 0 Å². The second-order valence-electron chi connectivity index (χ2n) is 9.55. The van der Waals surface area contributed by atoms with Crippen LogP contribution in [0.4, 0.5) is 10.5 Å². The number of hydrogen-bond acceptors (Lipinski definition) is 5. The molecule has 4 aromatic rings. The molecule has 1 aromatic heterocycles. The molecule has 1 fully saturated rings. The van der Waals surface area contributed by atoms with Crippen molar-refractivity contribution in [1.29, 1.82) is 0 Å². The molecule has 0 spiro atoms. The van der Waals surface area contributed by atoms with Crippen LogP contribution in [0.1, 0.15) is 48.3 Å². The van der Waals surface area contributed by atoms with Crippen LogP contribution >= 0.6 is 23.1 Å². The fourth-order valence-electron chi connectivity index (χ4n) is 4.56. The number of rotatable bonds is 7. The van der Waals surface area contributed by atoms with Crippen LogP contribution in [0, 0.1) is 13.8 Å². The molecular weight excluding hydrogens is 504 g/mol. The number of aromatic nitrogens is 1. The SMILES string of the molecule is Cc1cc(-c2ccc(C3(C=O)CC3)cc2)ccc1-c1snc(C)c1NC(=O)O[C@H](C)c1ccccc1Cl. The molecule has 0 bridgehead atoms. The molecule has 188 valence electrons. The van der Waals surface area contributed by atoms with Gasteiger partial charge in [0.2, 0.25) is 0 Å². The minimum atomic E-state index is -0.560. The Kier molecular flexibility index (Phi) is 6.88. The number of aldehydes is 1. The zero-order valence-electron chi connectivity index (χ0n) is 20.9. The number of nitrogens with one attached hydrogen (secondary N) is 1. The highest BCUT2D eigenvalue weighted by atomic mass is 35.5. The van der Waals surface area contributed by atoms with Crippen molar-refractivity contribution in [1.82, 2.24) is 4.37 Å². The second kappa shape index (κ2) is 10.1. The van der Waals surface area contributed by atoms with Crippen LogP contribution in [-0.4, -0.2) is 16.8 Å². The van der Waals surface area contributed by atoms with Crippen molar-refractivity contribution in [2.45, 2.75) is 45.1 Å². The number of benzene rings is 3. The number of aryl methyl sites for hydroxylation is 2. The van der Waals surface area contributed by atoms with Gasteiger partial charge in [-0.1, -0.05) is 72.3 Å². The van der Waals surface area contributed by atoms with Crippen LogP contribution in [0.5, 0.6) is 0 Å². The molecule has 37 heavy (non-hydrogen) atoms. The summed E-state index contributed by atoms with van der Waals surface area (Å²) < 4.78 is 10.1. The third-order valence-corrected chi connectivity index (χ3v) is 8.31. The van der Waals surface area contributed by atoms with Crippen molar-refractivity contribution in [3.8, 4) is 21.6 Å². The number of ether oxygens (including phenoxy) is 1. The fourth-order valence-corrected chi connectivity index (χ4v) is 5.79. The van der Waals surface area contributed by atoms with Crippen LogP contribution in [-0.2, 0) is 14.9 Å². The van der Waals surface area contributed by atoms with Gasteiger partial charge in [-0.25, -0.2) is 4.79 Å². The van der Waals surface area contributed by atoms with Gasteiger partial charge in [0.25, 0.3) is 0 Å². The van der Waals surface area contributed by atoms with Crippen LogP contribution in [0.15, 0.2) is 66.7 Å². The maximum atomic E-state index is 12.8. The van der Waals surface area contributed by atoms with E-state index in [1.54, 1.807) is 13.0 Å². The Labute approximate surface area is 225 Å². The maximum absolute atomic E-state index is 12.8. The number of halogens is 1. The lowest BCUT2D eigenvalue weighted by Gasteiger charge is -2.16. The third-order valence-electron chi connectivity index (χ3n) is 7.00. The van der Waals surface area contributed by atoms with Gasteiger partial charge in [-0.15, -0.1) is 0 Å². The molecule has 1 aliphatic carbocycles. The first kappa shape index (κ1) is 25.2. The number of carbonyl (C=O) groups excluding carboxylic acids is 2. The summed E-state index contributed by atoms with van der Waals surface area (Å²) in [5, 5.41) is 3.45. The van der Waals surface area contributed by atoms with Crippen LogP contribution in [0.2, 0.25) is 5.02 Å². The molecule has 1 saturated carbocycles. The molecule has 0 saturated heterocycles. The first-order valence-corrected chi connectivity index (χ1v) is 13.3. The zero-order chi connectivity index (χ0) is 26.2. The van der Waals surface area contributed by atoms with Gasteiger partial charge in [0, 0.05) is 10.6 Å². The van der Waals surface area contributed by atoms with Gasteiger partial charge < -0.3 is 9.53 Å². The molecule has 3 aromatic carbocycles. The first-order chi connectivity index (χ1) is 17.8. The predicted octanol–water partition coefficient (Wildman–Crippen LogP) is 8.29. The molecule has 1 heterocycles. The quantitative estimate of drug-likeness (QED) is 0.244. The van der Waals surface area contributed by atoms with Gasteiger partial charge in [0.15, 0.2) is 0 Å². The average Bonchev–Trinajstić information content (AvgIpc) is 3.62. The lowest BCUT2D eigenvalue weighted by Crippen LogP contribution is -2.17. The van der Waals surface area contributed by atoms with E-state index in [4.69, 9.17) is 16.3 Å². The molecule has 5 rings (SSSR count). The number of anilines is 1. The summed E-state index contributed by atoms with van der Waals surface area (Å²) in [7, 11) is 0. The van der Waals surface area contributed by atoms with Gasteiger partial charge in [0.05, 0.1) is 21.7 Å². The van der Waals surface area contributed by atoms with E-state index in [0.29, 0.717) is 10.7 Å². The van der Waals surface area contributed by atoms with E-state index in [9.17, 15) is 9.59 Å². The summed E-state index contributed by atoms with van der Waals surface area (Å²) >= 11 is 7.60. The summed E-state index contributed by atoms with van der Waals surface area (Å²) in [4.78, 5) is 25.1. The summed E-state index contributed by atoms with van der Waals surface area (Å²) in [6.07, 6.45) is 1.88. The standard InChI is InChI=1S/C30H27ClN2O3S/c1-18-16-22(21-8-11-23(12-9-21)30(17-34)14-15-30)10-13-24(18)28-27(19(2)33-37-28)32-29(35)36-20(3)25-6-4-5-7-26(25)31/h4-13,16-17,20H,14-15H2,1-3H3,(H,32,35)/t20-/m1/s1. The summed E-state index contributed by atoms with van der Waals surface area (Å²) in [6.45, 7) is 5.71. The zero-order valence-corrected chi connectivity index (χ0v) is 22.5. The Morgan fingerprint density at radius 2 is 1.78 bits per heavy atom. The van der Waals surface area contributed by atoms with Gasteiger partial charge in [0.1, 0.15) is 12.4 Å². The van der Waals surface area contributed by atoms with Crippen molar-refractivity contribution in [2.24, 2.45) is 0 Å². The smallest absolute Gasteiger partial charge is 0.412 e. The van der Waals surface area contributed by atoms with E-state index < -0.39 is 12.2 Å². The normalized spacial score (nSPS) is 14.6.